The lowest BCUT2D eigenvalue weighted by Gasteiger charge is -2.61. The quantitative estimate of drug-likeness (QED) is 0.218. The molecule has 1 heterocycles. The molecule has 1 amide bonds. The number of fused-ring (bicyclic) bond motifs is 3. The molecule has 2 unspecified atom stereocenters. The molecule has 2 fully saturated rings. The molecule has 3 aliphatic carbocycles. The maximum atomic E-state index is 14.3. The molecule has 43 heavy (non-hydrogen) atoms. The van der Waals surface area contributed by atoms with E-state index in [9.17, 15) is 42.6 Å². The number of ketones is 4. The van der Waals surface area contributed by atoms with Gasteiger partial charge in [0.05, 0.1) is 34.6 Å². The van der Waals surface area contributed by atoms with Gasteiger partial charge in [-0.3, -0.25) is 38.7 Å². The Hall–Kier alpha value is -3.95. The van der Waals surface area contributed by atoms with Crippen molar-refractivity contribution in [3.63, 3.8) is 0 Å². The highest BCUT2D eigenvalue weighted by Gasteiger charge is 2.76. The van der Waals surface area contributed by atoms with Crippen molar-refractivity contribution in [2.24, 2.45) is 28.4 Å². The van der Waals surface area contributed by atoms with Crippen molar-refractivity contribution in [1.29, 1.82) is 0 Å². The Bertz CT molecular complexity index is 1750. The lowest BCUT2D eigenvalue weighted by Crippen LogP contribution is -2.79. The number of nitrogens with two attached hydrogens (primary N) is 1. The number of rotatable bonds is 5. The van der Waals surface area contributed by atoms with Gasteiger partial charge in [0.1, 0.15) is 4.90 Å². The van der Waals surface area contributed by atoms with E-state index in [4.69, 9.17) is 5.73 Å². The van der Waals surface area contributed by atoms with Crippen LogP contribution in [-0.2, 0) is 35.6 Å². The molecule has 15 heteroatoms. The number of aryl methyl sites for hydroxylation is 2. The highest BCUT2D eigenvalue weighted by molar-refractivity contribution is 7.92. The van der Waals surface area contributed by atoms with Gasteiger partial charge in [0.15, 0.2) is 40.4 Å². The number of likely N-dealkylation sites (N-methyl/N-ethyl adjacent to an activating group) is 1. The maximum absolute atomic E-state index is 14.3. The van der Waals surface area contributed by atoms with Crippen LogP contribution in [0.25, 0.3) is 0 Å². The Kier molecular flexibility index (Phi) is 6.58. The number of aromatic nitrogens is 2. The molecule has 2 saturated carbocycles. The predicted molar refractivity (Wildman–Crippen MR) is 149 cm³/mol. The van der Waals surface area contributed by atoms with E-state index in [1.54, 1.807) is 6.92 Å². The summed E-state index contributed by atoms with van der Waals surface area (Å²) >= 11 is 0. The second-order valence-corrected chi connectivity index (χ2v) is 14.2. The van der Waals surface area contributed by atoms with Crippen LogP contribution in [0.4, 0.5) is 5.69 Å². The Morgan fingerprint density at radius 1 is 1.14 bits per heavy atom. The number of benzene rings is 1. The summed E-state index contributed by atoms with van der Waals surface area (Å²) in [6.07, 6.45) is -0.142. The number of anilines is 1. The molecule has 6 N–H and O–H groups in total. The lowest BCUT2D eigenvalue weighted by molar-refractivity contribution is -0.203. The van der Waals surface area contributed by atoms with E-state index < -0.39 is 79.1 Å². The standard InChI is InChI=1S/C28H33N5O9S/c1-11-21(12(2)31-30-11)43(41,42)32-14-8-7-13-9-26(3)10-27(4)22(33(5)6)20(36)16(25(29)39)23(37)28(27,40)24(38)17(26)19(35)15(13)18(14)34/h7-8,16-17,22,32,34,40H,9-10H2,1-6H3,(H2,29,39)(H,30,31)/t16?,17?,22-,26+,27+,28-/m1/s1. The first kappa shape index (κ1) is 30.5. The third kappa shape index (κ3) is 3.87. The summed E-state index contributed by atoms with van der Waals surface area (Å²) < 4.78 is 28.6. The van der Waals surface area contributed by atoms with Gasteiger partial charge in [-0.25, -0.2) is 8.42 Å². The van der Waals surface area contributed by atoms with Gasteiger partial charge >= 0.3 is 0 Å². The molecule has 3 aliphatic rings. The van der Waals surface area contributed by atoms with Crippen LogP contribution in [0.2, 0.25) is 0 Å². The largest absolute Gasteiger partial charge is 0.505 e. The molecular weight excluding hydrogens is 582 g/mol. The maximum Gasteiger partial charge on any atom is 0.265 e. The second kappa shape index (κ2) is 9.27. The van der Waals surface area contributed by atoms with Crippen molar-refractivity contribution < 1.29 is 42.6 Å². The van der Waals surface area contributed by atoms with Crippen LogP contribution in [0.3, 0.4) is 0 Å². The number of aromatic hydroxyl groups is 1. The van der Waals surface area contributed by atoms with E-state index in [2.05, 4.69) is 14.9 Å². The number of amides is 1. The summed E-state index contributed by atoms with van der Waals surface area (Å²) in [5.74, 6) is -10.2. The van der Waals surface area contributed by atoms with E-state index in [0.717, 1.165) is 0 Å². The zero-order valence-corrected chi connectivity index (χ0v) is 25.2. The van der Waals surface area contributed by atoms with E-state index in [-0.39, 0.29) is 40.4 Å². The fourth-order valence-corrected chi connectivity index (χ4v) is 9.37. The normalized spacial score (nSPS) is 32.3. The highest BCUT2D eigenvalue weighted by Crippen LogP contribution is 2.61. The molecular formula is C28H33N5O9S. The third-order valence-electron chi connectivity index (χ3n) is 9.43. The number of sulfonamides is 1. The minimum absolute atomic E-state index is 0.0124. The average Bonchev–Trinajstić information content (AvgIpc) is 3.21. The van der Waals surface area contributed by atoms with Gasteiger partial charge in [0, 0.05) is 5.41 Å². The fourth-order valence-electron chi connectivity index (χ4n) is 7.93. The summed E-state index contributed by atoms with van der Waals surface area (Å²) in [4.78, 5) is 69.0. The molecule has 230 valence electrons. The number of carbonyl (C=O) groups excluding carboxylic acids is 5. The molecule has 0 radical (unpaired) electrons. The molecule has 6 atom stereocenters. The number of primary amides is 1. The van der Waals surface area contributed by atoms with Crippen molar-refractivity contribution >= 4 is 44.8 Å². The molecule has 5 rings (SSSR count). The average molecular weight is 616 g/mol. The SMILES string of the molecule is Cc1n[nH]c(C)c1S(=O)(=O)Nc1ccc2c(c1O)C(=O)C1C(=O)[C@]3(O)C(=O)C(C(N)=O)C(=O)[C@@H](N(C)C)[C@]3(C)C[C@]1(C)C2. The number of nitrogens with zero attached hydrogens (tertiary/aromatic N) is 2. The van der Waals surface area contributed by atoms with Gasteiger partial charge in [0.25, 0.3) is 10.0 Å². The van der Waals surface area contributed by atoms with Gasteiger partial charge in [-0.05, 0) is 57.8 Å². The van der Waals surface area contributed by atoms with Crippen LogP contribution >= 0.6 is 0 Å². The molecule has 14 nitrogen and oxygen atoms in total. The van der Waals surface area contributed by atoms with E-state index in [1.807, 2.05) is 0 Å². The number of Topliss-reactive ketones (excluding diaryl/α,β-unsaturated/α-hetero) is 4. The molecule has 1 aromatic carbocycles. The van der Waals surface area contributed by atoms with Crippen LogP contribution in [-0.4, -0.2) is 88.5 Å². The summed E-state index contributed by atoms with van der Waals surface area (Å²) in [5.41, 5.74) is -0.440. The first-order valence-corrected chi connectivity index (χ1v) is 15.0. The van der Waals surface area contributed by atoms with Crippen molar-refractivity contribution in [1.82, 2.24) is 15.1 Å². The number of nitrogens with one attached hydrogen (secondary N) is 2. The minimum Gasteiger partial charge on any atom is -0.505 e. The van der Waals surface area contributed by atoms with Gasteiger partial charge in [-0.2, -0.15) is 5.10 Å². The van der Waals surface area contributed by atoms with Crippen LogP contribution in [0.5, 0.6) is 5.75 Å². The Labute approximate surface area is 247 Å². The molecule has 0 aliphatic heterocycles. The van der Waals surface area contributed by atoms with Crippen LogP contribution in [0.15, 0.2) is 17.0 Å². The summed E-state index contributed by atoms with van der Waals surface area (Å²) in [7, 11) is -1.25. The molecule has 0 bridgehead atoms. The zero-order chi connectivity index (χ0) is 32.2. The number of phenols is 1. The number of carbonyl (C=O) groups is 5. The predicted octanol–water partition coefficient (Wildman–Crippen LogP) is -0.212. The number of aromatic amines is 1. The molecule has 0 spiro atoms. The monoisotopic (exact) mass is 615 g/mol. The molecule has 0 saturated heterocycles. The zero-order valence-electron chi connectivity index (χ0n) is 24.4. The van der Waals surface area contributed by atoms with E-state index in [0.29, 0.717) is 5.56 Å². The Morgan fingerprint density at radius 3 is 2.30 bits per heavy atom. The highest BCUT2D eigenvalue weighted by atomic mass is 32.2. The van der Waals surface area contributed by atoms with Crippen LogP contribution < -0.4 is 10.5 Å². The van der Waals surface area contributed by atoms with Gasteiger partial charge in [-0.15, -0.1) is 0 Å². The topological polar surface area (TPSA) is 230 Å². The van der Waals surface area contributed by atoms with Gasteiger partial charge < -0.3 is 15.9 Å². The summed E-state index contributed by atoms with van der Waals surface area (Å²) in [6.45, 7) is 6.02. The van der Waals surface area contributed by atoms with E-state index in [1.165, 1.54) is 51.9 Å². The first-order chi connectivity index (χ1) is 19.7. The smallest absolute Gasteiger partial charge is 0.265 e. The fraction of sp³-hybridized carbons (Fsp3) is 0.500. The number of phenolic OH excluding ortho intramolecular Hbond substituents is 1. The molecule has 1 aromatic heterocycles. The third-order valence-corrected chi connectivity index (χ3v) is 11.1. The molecule has 2 aromatic rings. The first-order valence-electron chi connectivity index (χ1n) is 13.5. The Morgan fingerprint density at radius 2 is 1.77 bits per heavy atom. The number of hydrogen-bond acceptors (Lipinski definition) is 11. The van der Waals surface area contributed by atoms with Crippen LogP contribution in [0, 0.1) is 36.5 Å². The van der Waals surface area contributed by atoms with E-state index >= 15 is 0 Å². The number of H-pyrrole nitrogens is 1. The van der Waals surface area contributed by atoms with Crippen LogP contribution in [0.1, 0.15) is 47.6 Å². The lowest BCUT2D eigenvalue weighted by atomic mass is 9.42. The van der Waals surface area contributed by atoms with Crippen molar-refractivity contribution in [3.8, 4) is 5.75 Å². The van der Waals surface area contributed by atoms with Crippen molar-refractivity contribution in [2.75, 3.05) is 18.8 Å². The number of hydrogen-bond donors (Lipinski definition) is 5. The van der Waals surface area contributed by atoms with Gasteiger partial charge in [0.2, 0.25) is 5.91 Å². The summed E-state index contributed by atoms with van der Waals surface area (Å²) in [5, 5.41) is 29.6. The van der Waals surface area contributed by atoms with Crippen molar-refractivity contribution in [2.45, 2.75) is 57.1 Å². The number of aliphatic hydroxyl groups is 1. The summed E-state index contributed by atoms with van der Waals surface area (Å²) in [6, 6.07) is 1.48. The Balaban J connectivity index is 1.64. The second-order valence-electron chi connectivity index (χ2n) is 12.6. The van der Waals surface area contributed by atoms with Gasteiger partial charge in [-0.1, -0.05) is 19.9 Å². The van der Waals surface area contributed by atoms with Crippen molar-refractivity contribution in [3.05, 3.63) is 34.6 Å². The minimum atomic E-state index is -4.27.